The molecule has 1 amide bonds. The van der Waals surface area contributed by atoms with E-state index in [9.17, 15) is 18.0 Å². The molecule has 1 aliphatic heterocycles. The Bertz CT molecular complexity index is 829. The van der Waals surface area contributed by atoms with Crippen molar-refractivity contribution in [3.05, 3.63) is 42.5 Å². The molecule has 0 bridgehead atoms. The molecule has 2 aliphatic rings. The Labute approximate surface area is 166 Å². The molecule has 0 unspecified atom stereocenters. The molecule has 2 atom stereocenters. The fourth-order valence-electron chi connectivity index (χ4n) is 3.52. The lowest BCUT2D eigenvalue weighted by atomic mass is 10.1. The number of sulfonamides is 1. The lowest BCUT2D eigenvalue weighted by Crippen LogP contribution is -2.52. The topological polar surface area (TPSA) is 84.0 Å². The second kappa shape index (κ2) is 8.87. The van der Waals surface area contributed by atoms with Gasteiger partial charge in [-0.3, -0.25) is 9.59 Å². The van der Waals surface area contributed by atoms with Gasteiger partial charge in [0, 0.05) is 26.2 Å². The van der Waals surface area contributed by atoms with Crippen LogP contribution in [0.2, 0.25) is 0 Å². The summed E-state index contributed by atoms with van der Waals surface area (Å²) in [6, 6.07) is 8.26. The third-order valence-corrected chi connectivity index (χ3v) is 7.04. The maximum atomic E-state index is 12.7. The molecule has 1 fully saturated rings. The third kappa shape index (κ3) is 4.80. The van der Waals surface area contributed by atoms with Crippen LogP contribution in [-0.4, -0.2) is 61.8 Å². The molecule has 1 aliphatic carbocycles. The second-order valence-corrected chi connectivity index (χ2v) is 9.08. The number of rotatable bonds is 6. The number of ether oxygens (including phenoxy) is 1. The van der Waals surface area contributed by atoms with Crippen LogP contribution in [0.1, 0.15) is 26.2 Å². The van der Waals surface area contributed by atoms with Crippen molar-refractivity contribution >= 4 is 21.9 Å². The van der Waals surface area contributed by atoms with Crippen molar-refractivity contribution in [2.75, 3.05) is 26.2 Å². The summed E-state index contributed by atoms with van der Waals surface area (Å²) in [5.74, 6) is -0.462. The maximum absolute atomic E-state index is 12.7. The van der Waals surface area contributed by atoms with Gasteiger partial charge in [0.1, 0.15) is 0 Å². The number of piperazine rings is 1. The fraction of sp³-hybridized carbons (Fsp3) is 0.500. The van der Waals surface area contributed by atoms with Gasteiger partial charge in [-0.05, 0) is 37.8 Å². The average Bonchev–Trinajstić information content (AvgIpc) is 3.21. The Morgan fingerprint density at radius 1 is 1.14 bits per heavy atom. The molecule has 152 valence electrons. The van der Waals surface area contributed by atoms with Crippen LogP contribution in [0.25, 0.3) is 0 Å². The summed E-state index contributed by atoms with van der Waals surface area (Å²) in [5, 5.41) is 0. The Morgan fingerprint density at radius 2 is 1.82 bits per heavy atom. The van der Waals surface area contributed by atoms with E-state index in [-0.39, 0.29) is 55.3 Å². The summed E-state index contributed by atoms with van der Waals surface area (Å²) in [7, 11) is -3.56. The highest BCUT2D eigenvalue weighted by Crippen LogP contribution is 2.21. The van der Waals surface area contributed by atoms with E-state index < -0.39 is 16.1 Å². The molecule has 7 nitrogen and oxygen atoms in total. The number of carbonyl (C=O) groups is 2. The monoisotopic (exact) mass is 406 g/mol. The number of amides is 1. The van der Waals surface area contributed by atoms with E-state index in [1.165, 1.54) is 4.31 Å². The smallest absolute Gasteiger partial charge is 0.307 e. The molecular formula is C20H26N2O5S. The van der Waals surface area contributed by atoms with Gasteiger partial charge < -0.3 is 9.64 Å². The molecule has 28 heavy (non-hydrogen) atoms. The highest BCUT2D eigenvalue weighted by molar-refractivity contribution is 7.89. The molecule has 3 rings (SSSR count). The van der Waals surface area contributed by atoms with E-state index in [1.54, 1.807) is 42.2 Å². The number of carbonyl (C=O) groups excluding carboxylic acids is 2. The van der Waals surface area contributed by atoms with Gasteiger partial charge in [-0.25, -0.2) is 8.42 Å². The maximum Gasteiger partial charge on any atom is 0.307 e. The SMILES string of the molecule is C[C@@H](OC(=O)C[C@H]1C=CCC1)C(=O)N1CCN(S(=O)(=O)c2ccccc2)CC1. The van der Waals surface area contributed by atoms with E-state index in [1.807, 2.05) is 6.08 Å². The lowest BCUT2D eigenvalue weighted by molar-refractivity contribution is -0.160. The standard InChI is InChI=1S/C20H26N2O5S/c1-16(27-19(23)15-17-7-5-6-8-17)20(24)21-11-13-22(14-12-21)28(25,26)18-9-3-2-4-10-18/h2-5,7,9-10,16-17H,6,8,11-15H2,1H3/t16-,17+/m1/s1. The zero-order chi connectivity index (χ0) is 20.1. The van der Waals surface area contributed by atoms with Crippen LogP contribution in [0, 0.1) is 5.92 Å². The lowest BCUT2D eigenvalue weighted by Gasteiger charge is -2.35. The van der Waals surface area contributed by atoms with E-state index >= 15 is 0 Å². The van der Waals surface area contributed by atoms with Crippen LogP contribution in [-0.2, 0) is 24.3 Å². The van der Waals surface area contributed by atoms with Crippen molar-refractivity contribution in [1.82, 2.24) is 9.21 Å². The average molecular weight is 407 g/mol. The van der Waals surface area contributed by atoms with Crippen LogP contribution in [0.5, 0.6) is 0 Å². The van der Waals surface area contributed by atoms with Crippen LogP contribution in [0.3, 0.4) is 0 Å². The van der Waals surface area contributed by atoms with Gasteiger partial charge in [0.05, 0.1) is 11.3 Å². The zero-order valence-electron chi connectivity index (χ0n) is 16.0. The first-order chi connectivity index (χ1) is 13.4. The first-order valence-corrected chi connectivity index (χ1v) is 11.0. The van der Waals surface area contributed by atoms with Gasteiger partial charge >= 0.3 is 5.97 Å². The van der Waals surface area contributed by atoms with Crippen LogP contribution >= 0.6 is 0 Å². The predicted octanol–water partition coefficient (Wildman–Crippen LogP) is 1.81. The minimum atomic E-state index is -3.56. The Kier molecular flexibility index (Phi) is 6.51. The Hall–Kier alpha value is -2.19. The summed E-state index contributed by atoms with van der Waals surface area (Å²) in [5.41, 5.74) is 0. The molecule has 0 saturated carbocycles. The van der Waals surface area contributed by atoms with Crippen molar-refractivity contribution < 1.29 is 22.7 Å². The summed E-state index contributed by atoms with van der Waals surface area (Å²) in [4.78, 5) is 26.4. The van der Waals surface area contributed by atoms with Crippen LogP contribution in [0.4, 0.5) is 0 Å². The molecule has 0 radical (unpaired) electrons. The quantitative estimate of drug-likeness (QED) is 0.531. The number of allylic oxidation sites excluding steroid dienone is 2. The number of esters is 1. The number of benzene rings is 1. The van der Waals surface area contributed by atoms with E-state index in [0.717, 1.165) is 12.8 Å². The Morgan fingerprint density at radius 3 is 2.43 bits per heavy atom. The van der Waals surface area contributed by atoms with Crippen molar-refractivity contribution in [2.45, 2.75) is 37.2 Å². The van der Waals surface area contributed by atoms with Gasteiger partial charge in [-0.1, -0.05) is 30.4 Å². The van der Waals surface area contributed by atoms with Gasteiger partial charge in [-0.15, -0.1) is 0 Å². The summed E-state index contributed by atoms with van der Waals surface area (Å²) in [6.07, 6.45) is 5.40. The van der Waals surface area contributed by atoms with Crippen molar-refractivity contribution in [3.63, 3.8) is 0 Å². The largest absolute Gasteiger partial charge is 0.453 e. The van der Waals surface area contributed by atoms with Gasteiger partial charge in [0.25, 0.3) is 5.91 Å². The van der Waals surface area contributed by atoms with Crippen molar-refractivity contribution in [3.8, 4) is 0 Å². The van der Waals surface area contributed by atoms with Gasteiger partial charge in [0.15, 0.2) is 6.10 Å². The van der Waals surface area contributed by atoms with E-state index in [0.29, 0.717) is 0 Å². The Balaban J connectivity index is 1.50. The minimum Gasteiger partial charge on any atom is -0.453 e. The molecule has 8 heteroatoms. The van der Waals surface area contributed by atoms with Crippen LogP contribution < -0.4 is 0 Å². The number of nitrogens with zero attached hydrogens (tertiary/aromatic N) is 2. The molecule has 0 spiro atoms. The molecular weight excluding hydrogens is 380 g/mol. The summed E-state index contributed by atoms with van der Waals surface area (Å²) in [6.45, 7) is 2.56. The fourth-order valence-corrected chi connectivity index (χ4v) is 4.97. The second-order valence-electron chi connectivity index (χ2n) is 7.14. The highest BCUT2D eigenvalue weighted by Gasteiger charge is 2.32. The molecule has 0 N–H and O–H groups in total. The number of hydrogen-bond acceptors (Lipinski definition) is 5. The zero-order valence-corrected chi connectivity index (χ0v) is 16.8. The first kappa shape index (κ1) is 20.5. The molecule has 1 heterocycles. The highest BCUT2D eigenvalue weighted by atomic mass is 32.2. The summed E-state index contributed by atoms with van der Waals surface area (Å²) < 4.78 is 32.0. The normalized spacial score (nSPS) is 21.5. The molecule has 1 aromatic carbocycles. The summed E-state index contributed by atoms with van der Waals surface area (Å²) >= 11 is 0. The van der Waals surface area contributed by atoms with E-state index in [4.69, 9.17) is 4.74 Å². The predicted molar refractivity (Wildman–Crippen MR) is 104 cm³/mol. The van der Waals surface area contributed by atoms with Gasteiger partial charge in [0.2, 0.25) is 10.0 Å². The molecule has 1 saturated heterocycles. The van der Waals surface area contributed by atoms with Gasteiger partial charge in [-0.2, -0.15) is 4.31 Å². The molecule has 1 aromatic rings. The van der Waals surface area contributed by atoms with Crippen molar-refractivity contribution in [1.29, 1.82) is 0 Å². The molecule has 0 aromatic heterocycles. The minimum absolute atomic E-state index is 0.196. The van der Waals surface area contributed by atoms with E-state index in [2.05, 4.69) is 6.08 Å². The van der Waals surface area contributed by atoms with Crippen LogP contribution in [0.15, 0.2) is 47.4 Å². The van der Waals surface area contributed by atoms with Crippen molar-refractivity contribution in [2.24, 2.45) is 5.92 Å². The number of hydrogen-bond donors (Lipinski definition) is 0. The first-order valence-electron chi connectivity index (χ1n) is 9.58. The third-order valence-electron chi connectivity index (χ3n) is 5.13.